The molecule has 1 aromatic carbocycles. The second-order valence-corrected chi connectivity index (χ2v) is 10.4. The van der Waals surface area contributed by atoms with Crippen molar-refractivity contribution in [3.63, 3.8) is 0 Å². The summed E-state index contributed by atoms with van der Waals surface area (Å²) in [5, 5.41) is 2.56. The Balaban J connectivity index is 1.31. The van der Waals surface area contributed by atoms with Crippen LogP contribution in [0.15, 0.2) is 47.3 Å². The van der Waals surface area contributed by atoms with Gasteiger partial charge < -0.3 is 14.6 Å². The highest BCUT2D eigenvalue weighted by Gasteiger charge is 2.45. The summed E-state index contributed by atoms with van der Waals surface area (Å²) >= 11 is 5.88. The minimum atomic E-state index is -3.58. The van der Waals surface area contributed by atoms with Gasteiger partial charge in [0.15, 0.2) is 9.84 Å². The zero-order chi connectivity index (χ0) is 22.3. The number of benzene rings is 1. The summed E-state index contributed by atoms with van der Waals surface area (Å²) in [6, 6.07) is 9.42. The highest BCUT2D eigenvalue weighted by Crippen LogP contribution is 2.26. The lowest BCUT2D eigenvalue weighted by Crippen LogP contribution is -2.59. The monoisotopic (exact) mass is 466 g/mol. The number of furan rings is 1. The molecule has 1 aliphatic heterocycles. The maximum Gasteiger partial charge on any atom is 0.239 e. The van der Waals surface area contributed by atoms with Crippen LogP contribution >= 0.6 is 11.6 Å². The topological polar surface area (TPSA) is 96.7 Å². The Kier molecular flexibility index (Phi) is 8.15. The van der Waals surface area contributed by atoms with Gasteiger partial charge in [-0.2, -0.15) is 0 Å². The van der Waals surface area contributed by atoms with E-state index in [1.54, 1.807) is 6.07 Å². The molecular weight excluding hydrogens is 440 g/mol. The number of hydrogen-bond acceptors (Lipinski definition) is 5. The summed E-state index contributed by atoms with van der Waals surface area (Å²) in [4.78, 5) is 25.2. The summed E-state index contributed by atoms with van der Waals surface area (Å²) in [7, 11) is -3.58. The van der Waals surface area contributed by atoms with Crippen LogP contribution in [0.25, 0.3) is 0 Å². The van der Waals surface area contributed by atoms with E-state index in [4.69, 9.17) is 16.0 Å². The Bertz CT molecular complexity index is 974. The van der Waals surface area contributed by atoms with Gasteiger partial charge in [0.2, 0.25) is 11.8 Å². The number of hydrogen-bond donors (Lipinski definition) is 1. The van der Waals surface area contributed by atoms with Crippen molar-refractivity contribution in [3.05, 3.63) is 59.0 Å². The summed E-state index contributed by atoms with van der Waals surface area (Å²) in [5.74, 6) is -0.869. The normalized spacial score (nSPS) is 16.2. The van der Waals surface area contributed by atoms with Crippen LogP contribution in [0.3, 0.4) is 0 Å². The fraction of sp³-hybridized carbons (Fsp3) is 0.455. The SMILES string of the molecule is O=C(CN1C(=O)CC1S(=O)(=O)Cc1ccoc1)NCCCCCCc1ccc(Cl)cc1. The molecule has 9 heteroatoms. The van der Waals surface area contributed by atoms with Crippen LogP contribution in [-0.4, -0.2) is 43.6 Å². The first-order chi connectivity index (χ1) is 14.8. The molecule has 0 radical (unpaired) electrons. The second kappa shape index (κ2) is 10.8. The molecule has 2 heterocycles. The lowest BCUT2D eigenvalue weighted by molar-refractivity contribution is -0.145. The van der Waals surface area contributed by atoms with Crippen LogP contribution in [0.5, 0.6) is 0 Å². The number of carbonyl (C=O) groups excluding carboxylic acids is 2. The average molecular weight is 467 g/mol. The van der Waals surface area contributed by atoms with Crippen molar-refractivity contribution in [3.8, 4) is 0 Å². The Morgan fingerprint density at radius 3 is 2.52 bits per heavy atom. The molecule has 0 bridgehead atoms. The quantitative estimate of drug-likeness (QED) is 0.382. The van der Waals surface area contributed by atoms with Gasteiger partial charge in [0.25, 0.3) is 0 Å². The minimum absolute atomic E-state index is 0.0823. The lowest BCUT2D eigenvalue weighted by atomic mass is 10.1. The van der Waals surface area contributed by atoms with E-state index in [0.717, 1.165) is 42.0 Å². The van der Waals surface area contributed by atoms with Crippen molar-refractivity contribution >= 4 is 33.3 Å². The number of likely N-dealkylation sites (tertiary alicyclic amines) is 1. The van der Waals surface area contributed by atoms with Crippen LogP contribution in [0, 0.1) is 0 Å². The second-order valence-electron chi connectivity index (χ2n) is 7.76. The molecule has 0 saturated carbocycles. The maximum atomic E-state index is 12.5. The average Bonchev–Trinajstić information content (AvgIpc) is 3.23. The molecular formula is C22H27ClN2O5S. The van der Waals surface area contributed by atoms with E-state index in [2.05, 4.69) is 5.32 Å². The van der Waals surface area contributed by atoms with E-state index in [0.29, 0.717) is 12.1 Å². The van der Waals surface area contributed by atoms with Gasteiger partial charge in [-0.05, 0) is 43.0 Å². The van der Waals surface area contributed by atoms with Crippen molar-refractivity contribution in [2.45, 2.75) is 49.7 Å². The first kappa shape index (κ1) is 23.3. The van der Waals surface area contributed by atoms with Gasteiger partial charge in [-0.3, -0.25) is 9.59 Å². The summed E-state index contributed by atoms with van der Waals surface area (Å²) < 4.78 is 29.9. The molecule has 1 fully saturated rings. The van der Waals surface area contributed by atoms with Crippen LogP contribution in [0.2, 0.25) is 5.02 Å². The van der Waals surface area contributed by atoms with Crippen molar-refractivity contribution in [2.24, 2.45) is 0 Å². The number of sulfone groups is 1. The van der Waals surface area contributed by atoms with E-state index >= 15 is 0 Å². The third-order valence-corrected chi connectivity index (χ3v) is 7.56. The fourth-order valence-corrected chi connectivity index (χ4v) is 5.46. The number of β-lactam (4-membered cyclic amide) rings is 1. The standard InChI is InChI=1S/C22H27ClN2O5S/c23-19-8-6-17(7-9-19)5-3-1-2-4-11-24-20(26)14-25-21(27)13-22(25)31(28,29)16-18-10-12-30-15-18/h6-10,12,15,22H,1-5,11,13-14,16H2,(H,24,26). The molecule has 1 aromatic heterocycles. The molecule has 31 heavy (non-hydrogen) atoms. The molecule has 0 spiro atoms. The predicted molar refractivity (Wildman–Crippen MR) is 118 cm³/mol. The number of aryl methyl sites for hydroxylation is 1. The molecule has 1 aliphatic rings. The Morgan fingerprint density at radius 1 is 1.10 bits per heavy atom. The van der Waals surface area contributed by atoms with E-state index in [9.17, 15) is 18.0 Å². The summed E-state index contributed by atoms with van der Waals surface area (Å²) in [6.07, 6.45) is 7.62. The maximum absolute atomic E-state index is 12.5. The first-order valence-electron chi connectivity index (χ1n) is 10.4. The number of halogens is 1. The molecule has 1 atom stereocenters. The van der Waals surface area contributed by atoms with Crippen LogP contribution in [-0.2, 0) is 31.6 Å². The third kappa shape index (κ3) is 6.83. The van der Waals surface area contributed by atoms with Crippen molar-refractivity contribution in [1.29, 1.82) is 0 Å². The molecule has 7 nitrogen and oxygen atoms in total. The van der Waals surface area contributed by atoms with Gasteiger partial charge in [-0.1, -0.05) is 36.6 Å². The van der Waals surface area contributed by atoms with E-state index < -0.39 is 15.2 Å². The molecule has 1 N–H and O–H groups in total. The van der Waals surface area contributed by atoms with Gasteiger partial charge in [0.1, 0.15) is 11.9 Å². The first-order valence-corrected chi connectivity index (χ1v) is 12.5. The lowest BCUT2D eigenvalue weighted by Gasteiger charge is -2.39. The molecule has 3 rings (SSSR count). The van der Waals surface area contributed by atoms with E-state index in [1.807, 2.05) is 24.3 Å². The van der Waals surface area contributed by atoms with Crippen LogP contribution in [0.4, 0.5) is 0 Å². The number of nitrogens with one attached hydrogen (secondary N) is 1. The number of unbranched alkanes of at least 4 members (excludes halogenated alkanes) is 3. The van der Waals surface area contributed by atoms with Gasteiger partial charge in [0.05, 0.1) is 24.7 Å². The van der Waals surface area contributed by atoms with Crippen LogP contribution < -0.4 is 5.32 Å². The molecule has 2 amide bonds. The van der Waals surface area contributed by atoms with Crippen molar-refractivity contribution in [2.75, 3.05) is 13.1 Å². The number of amides is 2. The van der Waals surface area contributed by atoms with Gasteiger partial charge in [-0.25, -0.2) is 8.42 Å². The Labute approximate surface area is 187 Å². The highest BCUT2D eigenvalue weighted by molar-refractivity contribution is 7.91. The Morgan fingerprint density at radius 2 is 1.84 bits per heavy atom. The van der Waals surface area contributed by atoms with Gasteiger partial charge in [0, 0.05) is 17.1 Å². The predicted octanol–water partition coefficient (Wildman–Crippen LogP) is 3.33. The zero-order valence-electron chi connectivity index (χ0n) is 17.3. The number of rotatable bonds is 12. The number of nitrogens with zero attached hydrogens (tertiary/aromatic N) is 1. The van der Waals surface area contributed by atoms with E-state index in [1.165, 1.54) is 18.1 Å². The van der Waals surface area contributed by atoms with Crippen molar-refractivity contribution < 1.29 is 22.4 Å². The van der Waals surface area contributed by atoms with Crippen LogP contribution in [0.1, 0.15) is 43.2 Å². The van der Waals surface area contributed by atoms with E-state index in [-0.39, 0.29) is 30.5 Å². The number of carbonyl (C=O) groups is 2. The smallest absolute Gasteiger partial charge is 0.239 e. The summed E-state index contributed by atoms with van der Waals surface area (Å²) in [6.45, 7) is 0.277. The third-order valence-electron chi connectivity index (χ3n) is 5.32. The minimum Gasteiger partial charge on any atom is -0.472 e. The highest BCUT2D eigenvalue weighted by atomic mass is 35.5. The van der Waals surface area contributed by atoms with Crippen molar-refractivity contribution in [1.82, 2.24) is 10.2 Å². The molecule has 1 saturated heterocycles. The van der Waals surface area contributed by atoms with Gasteiger partial charge >= 0.3 is 0 Å². The zero-order valence-corrected chi connectivity index (χ0v) is 18.8. The summed E-state index contributed by atoms with van der Waals surface area (Å²) in [5.41, 5.74) is 1.79. The molecule has 168 valence electrons. The largest absolute Gasteiger partial charge is 0.472 e. The molecule has 0 aliphatic carbocycles. The molecule has 2 aromatic rings. The fourth-order valence-electron chi connectivity index (χ4n) is 3.54. The van der Waals surface area contributed by atoms with Gasteiger partial charge in [-0.15, -0.1) is 0 Å². The molecule has 1 unspecified atom stereocenters. The Hall–Kier alpha value is -2.32.